The number of pyridine rings is 1. The molecule has 3 heterocycles. The molecule has 1 atom stereocenters. The molecule has 3 aromatic rings. The van der Waals surface area contributed by atoms with Gasteiger partial charge in [-0.05, 0) is 19.2 Å². The molecule has 0 spiro atoms. The van der Waals surface area contributed by atoms with Crippen molar-refractivity contribution in [3.8, 4) is 0 Å². The van der Waals surface area contributed by atoms with Crippen LogP contribution >= 0.6 is 11.3 Å². The first-order valence-corrected chi connectivity index (χ1v) is 8.13. The van der Waals surface area contributed by atoms with Crippen molar-refractivity contribution in [3.63, 3.8) is 0 Å². The molecule has 0 saturated carbocycles. The average Bonchev–Trinajstić information content (AvgIpc) is 3.02. The van der Waals surface area contributed by atoms with Crippen LogP contribution in [0.3, 0.4) is 0 Å². The van der Waals surface area contributed by atoms with Crippen LogP contribution in [-0.2, 0) is 11.3 Å². The largest absolute Gasteiger partial charge is 0.383 e. The van der Waals surface area contributed by atoms with E-state index in [4.69, 9.17) is 4.74 Å². The maximum absolute atomic E-state index is 12.1. The summed E-state index contributed by atoms with van der Waals surface area (Å²) in [5, 5.41) is 1.86. The van der Waals surface area contributed by atoms with Crippen molar-refractivity contribution in [2.75, 3.05) is 20.8 Å². The van der Waals surface area contributed by atoms with Crippen molar-refractivity contribution >= 4 is 16.3 Å². The van der Waals surface area contributed by atoms with Crippen molar-refractivity contribution in [3.05, 3.63) is 63.8 Å². The number of methoxy groups -OCH3 is 1. The summed E-state index contributed by atoms with van der Waals surface area (Å²) in [5.74, 6) is 0. The second-order valence-electron chi connectivity index (χ2n) is 5.28. The van der Waals surface area contributed by atoms with E-state index < -0.39 is 0 Å². The fraction of sp³-hybridized carbons (Fsp3) is 0.312. The van der Waals surface area contributed by atoms with Gasteiger partial charge in [-0.3, -0.25) is 19.1 Å². The highest BCUT2D eigenvalue weighted by molar-refractivity contribution is 7.15. The van der Waals surface area contributed by atoms with E-state index in [0.29, 0.717) is 18.1 Å². The lowest BCUT2D eigenvalue weighted by atomic mass is 10.1. The predicted octanol–water partition coefficient (Wildman–Crippen LogP) is 1.97. The number of thiazole rings is 1. The molecule has 7 heteroatoms. The third-order valence-corrected chi connectivity index (χ3v) is 4.41. The van der Waals surface area contributed by atoms with Crippen LogP contribution in [0.4, 0.5) is 0 Å². The number of hydrogen-bond acceptors (Lipinski definition) is 6. The van der Waals surface area contributed by atoms with Gasteiger partial charge in [0.15, 0.2) is 4.96 Å². The molecule has 120 valence electrons. The van der Waals surface area contributed by atoms with Crippen LogP contribution in [0.1, 0.15) is 17.4 Å². The normalized spacial score (nSPS) is 12.8. The van der Waals surface area contributed by atoms with Crippen molar-refractivity contribution in [2.24, 2.45) is 0 Å². The minimum atomic E-state index is -0.0548. The van der Waals surface area contributed by atoms with E-state index in [-0.39, 0.29) is 11.6 Å². The van der Waals surface area contributed by atoms with Gasteiger partial charge in [-0.2, -0.15) is 0 Å². The first kappa shape index (κ1) is 15.8. The molecule has 3 aromatic heterocycles. The summed E-state index contributed by atoms with van der Waals surface area (Å²) in [6.45, 7) is 1.07. The molecule has 0 saturated heterocycles. The molecule has 0 aromatic carbocycles. The molecule has 1 unspecified atom stereocenters. The summed E-state index contributed by atoms with van der Waals surface area (Å²) in [5.41, 5.74) is 1.63. The highest BCUT2D eigenvalue weighted by Crippen LogP contribution is 2.19. The number of rotatable bonds is 6. The number of aromatic nitrogens is 3. The smallest absolute Gasteiger partial charge is 0.258 e. The Morgan fingerprint density at radius 1 is 1.43 bits per heavy atom. The van der Waals surface area contributed by atoms with Crippen LogP contribution in [0, 0.1) is 0 Å². The van der Waals surface area contributed by atoms with Gasteiger partial charge < -0.3 is 4.74 Å². The van der Waals surface area contributed by atoms with E-state index in [0.717, 1.165) is 11.4 Å². The van der Waals surface area contributed by atoms with Crippen molar-refractivity contribution in [1.82, 2.24) is 19.3 Å². The van der Waals surface area contributed by atoms with Crippen LogP contribution < -0.4 is 5.56 Å². The Morgan fingerprint density at radius 2 is 2.30 bits per heavy atom. The standard InChI is InChI=1S/C16H18N4O2S/c1-19(14(11-22-2)13-5-3-4-6-17-13)10-12-9-15(21)20-7-8-23-16(20)18-12/h3-9,14H,10-11H2,1-2H3. The summed E-state index contributed by atoms with van der Waals surface area (Å²) in [6, 6.07) is 7.41. The van der Waals surface area contributed by atoms with Crippen LogP contribution in [0.5, 0.6) is 0 Å². The highest BCUT2D eigenvalue weighted by atomic mass is 32.1. The summed E-state index contributed by atoms with van der Waals surface area (Å²) in [4.78, 5) is 23.9. The Hall–Kier alpha value is -2.09. The minimum Gasteiger partial charge on any atom is -0.383 e. The summed E-state index contributed by atoms with van der Waals surface area (Å²) in [7, 11) is 3.66. The molecule has 0 aliphatic heterocycles. The average molecular weight is 330 g/mol. The van der Waals surface area contributed by atoms with Crippen LogP contribution in [0.2, 0.25) is 0 Å². The number of ether oxygens (including phenoxy) is 1. The van der Waals surface area contributed by atoms with E-state index in [9.17, 15) is 4.79 Å². The third kappa shape index (κ3) is 3.47. The highest BCUT2D eigenvalue weighted by Gasteiger charge is 2.19. The van der Waals surface area contributed by atoms with Gasteiger partial charge >= 0.3 is 0 Å². The Kier molecular flexibility index (Phi) is 4.80. The zero-order chi connectivity index (χ0) is 16.2. The fourth-order valence-corrected chi connectivity index (χ4v) is 3.24. The molecule has 0 aliphatic rings. The molecule has 0 bridgehead atoms. The van der Waals surface area contributed by atoms with Gasteiger partial charge in [0, 0.05) is 37.5 Å². The molecule has 0 fully saturated rings. The monoisotopic (exact) mass is 330 g/mol. The van der Waals surface area contributed by atoms with Gasteiger partial charge in [-0.1, -0.05) is 6.07 Å². The zero-order valence-electron chi connectivity index (χ0n) is 13.0. The van der Waals surface area contributed by atoms with Crippen LogP contribution in [-0.4, -0.2) is 40.0 Å². The lowest BCUT2D eigenvalue weighted by Gasteiger charge is -2.26. The molecule has 0 amide bonds. The lowest BCUT2D eigenvalue weighted by molar-refractivity contribution is 0.0993. The zero-order valence-corrected chi connectivity index (χ0v) is 13.9. The van der Waals surface area contributed by atoms with E-state index >= 15 is 0 Å². The Morgan fingerprint density at radius 3 is 3.04 bits per heavy atom. The van der Waals surface area contributed by atoms with Crippen LogP contribution in [0.25, 0.3) is 4.96 Å². The Balaban J connectivity index is 1.85. The molecule has 0 radical (unpaired) electrons. The van der Waals surface area contributed by atoms with Crippen molar-refractivity contribution < 1.29 is 4.74 Å². The topological polar surface area (TPSA) is 59.7 Å². The number of likely N-dealkylation sites (N-methyl/N-ethyl adjacent to an activating group) is 1. The third-order valence-electron chi connectivity index (χ3n) is 3.65. The quantitative estimate of drug-likeness (QED) is 0.691. The minimum absolute atomic E-state index is 0.00443. The van der Waals surface area contributed by atoms with Crippen LogP contribution in [0.15, 0.2) is 46.8 Å². The Bertz CT molecular complexity index is 831. The van der Waals surface area contributed by atoms with Gasteiger partial charge in [0.1, 0.15) is 0 Å². The van der Waals surface area contributed by atoms with E-state index in [1.807, 2.05) is 30.6 Å². The maximum Gasteiger partial charge on any atom is 0.258 e. The summed E-state index contributed by atoms with van der Waals surface area (Å²) >= 11 is 1.45. The van der Waals surface area contributed by atoms with Crippen molar-refractivity contribution in [1.29, 1.82) is 0 Å². The molecular weight excluding hydrogens is 312 g/mol. The first-order chi connectivity index (χ1) is 11.2. The maximum atomic E-state index is 12.1. The van der Waals surface area contributed by atoms with Gasteiger partial charge in [0.25, 0.3) is 5.56 Å². The SMILES string of the molecule is COCC(c1ccccn1)N(C)Cc1cc(=O)n2ccsc2n1. The fourth-order valence-electron chi connectivity index (χ4n) is 2.50. The summed E-state index contributed by atoms with van der Waals surface area (Å²) < 4.78 is 6.89. The molecule has 23 heavy (non-hydrogen) atoms. The summed E-state index contributed by atoms with van der Waals surface area (Å²) in [6.07, 6.45) is 3.51. The Labute approximate surface area is 138 Å². The lowest BCUT2D eigenvalue weighted by Crippen LogP contribution is -2.29. The number of fused-ring (bicyclic) bond motifs is 1. The molecular formula is C16H18N4O2S. The molecule has 0 N–H and O–H groups in total. The van der Waals surface area contributed by atoms with E-state index in [1.54, 1.807) is 30.0 Å². The van der Waals surface area contributed by atoms with Gasteiger partial charge in [0.05, 0.1) is 24.0 Å². The number of hydrogen-bond donors (Lipinski definition) is 0. The molecule has 0 aliphatic carbocycles. The van der Waals surface area contributed by atoms with Gasteiger partial charge in [-0.25, -0.2) is 4.98 Å². The van der Waals surface area contributed by atoms with E-state index in [2.05, 4.69) is 14.9 Å². The predicted molar refractivity (Wildman–Crippen MR) is 89.7 cm³/mol. The second kappa shape index (κ2) is 6.99. The second-order valence-corrected chi connectivity index (χ2v) is 6.16. The first-order valence-electron chi connectivity index (χ1n) is 7.25. The molecule has 6 nitrogen and oxygen atoms in total. The van der Waals surface area contributed by atoms with Gasteiger partial charge in [0.2, 0.25) is 0 Å². The van der Waals surface area contributed by atoms with Crippen molar-refractivity contribution in [2.45, 2.75) is 12.6 Å². The van der Waals surface area contributed by atoms with E-state index in [1.165, 1.54) is 11.3 Å². The molecule has 3 rings (SSSR count). The van der Waals surface area contributed by atoms with Gasteiger partial charge in [-0.15, -0.1) is 11.3 Å². The number of nitrogens with zero attached hydrogens (tertiary/aromatic N) is 4.